The third kappa shape index (κ3) is 3.86. The Kier molecular flexibility index (Phi) is 5.68. The van der Waals surface area contributed by atoms with Crippen LogP contribution in [0.1, 0.15) is 30.6 Å². The molecule has 0 aliphatic heterocycles. The fourth-order valence-corrected chi connectivity index (χ4v) is 2.87. The second-order valence-electron chi connectivity index (χ2n) is 5.33. The Morgan fingerprint density at radius 2 is 2.04 bits per heavy atom. The van der Waals surface area contributed by atoms with E-state index in [1.807, 2.05) is 0 Å². The predicted octanol–water partition coefficient (Wildman–Crippen LogP) is 2.49. The molecule has 0 aliphatic rings. The van der Waals surface area contributed by atoms with E-state index in [1.54, 1.807) is 4.57 Å². The van der Waals surface area contributed by atoms with Crippen LogP contribution in [0.4, 0.5) is 0 Å². The monoisotopic (exact) mass is 335 g/mol. The number of hydrogen-bond donors (Lipinski definition) is 2. The van der Waals surface area contributed by atoms with Crippen LogP contribution >= 0.6 is 12.2 Å². The normalized spacial score (nSPS) is 11.3. The third-order valence-corrected chi connectivity index (χ3v) is 4.30. The van der Waals surface area contributed by atoms with E-state index in [0.717, 1.165) is 26.1 Å². The minimum Gasteiger partial charge on any atom is -0.478 e. The van der Waals surface area contributed by atoms with Crippen molar-refractivity contribution in [3.05, 3.63) is 38.9 Å². The smallest absolute Gasteiger partial charge is 0.335 e. The first-order chi connectivity index (χ1) is 11.0. The van der Waals surface area contributed by atoms with Gasteiger partial charge in [0.15, 0.2) is 4.77 Å². The number of nitrogens with zero attached hydrogens (tertiary/aromatic N) is 2. The van der Waals surface area contributed by atoms with Crippen LogP contribution in [0.5, 0.6) is 0 Å². The first-order valence-corrected chi connectivity index (χ1v) is 8.11. The molecule has 0 saturated carbocycles. The summed E-state index contributed by atoms with van der Waals surface area (Å²) in [5, 5.41) is 9.47. The van der Waals surface area contributed by atoms with E-state index < -0.39 is 5.97 Å². The molecule has 23 heavy (non-hydrogen) atoms. The van der Waals surface area contributed by atoms with Crippen molar-refractivity contribution in [2.45, 2.75) is 26.8 Å². The highest BCUT2D eigenvalue weighted by Crippen LogP contribution is 2.11. The minimum atomic E-state index is -1.03. The Bertz CT molecular complexity index is 821. The molecule has 0 aliphatic carbocycles. The summed E-state index contributed by atoms with van der Waals surface area (Å²) < 4.78 is 1.87. The number of nitrogens with one attached hydrogen (secondary N) is 1. The van der Waals surface area contributed by atoms with Gasteiger partial charge in [-0.15, -0.1) is 0 Å². The molecule has 1 heterocycles. The Labute approximate surface area is 139 Å². The van der Waals surface area contributed by atoms with Gasteiger partial charge in [0.25, 0.3) is 5.56 Å². The first kappa shape index (κ1) is 17.4. The number of carbonyl (C=O) groups is 1. The number of H-pyrrole nitrogens is 1. The summed E-state index contributed by atoms with van der Waals surface area (Å²) in [6.07, 6.45) is 0.831. The van der Waals surface area contributed by atoms with Gasteiger partial charge in [-0.1, -0.05) is 13.8 Å². The summed E-state index contributed by atoms with van der Waals surface area (Å²) in [7, 11) is 0. The minimum absolute atomic E-state index is 0.127. The zero-order valence-corrected chi connectivity index (χ0v) is 14.2. The van der Waals surface area contributed by atoms with Crippen molar-refractivity contribution in [1.29, 1.82) is 0 Å². The molecule has 0 radical (unpaired) electrons. The predicted molar refractivity (Wildman–Crippen MR) is 92.8 cm³/mol. The van der Waals surface area contributed by atoms with Crippen LogP contribution in [-0.4, -0.2) is 45.2 Å². The SMILES string of the molecule is CCN(CC)CCCn1c(=S)[nH]c2cc(C(=O)O)ccc2c1=O. The number of fused-ring (bicyclic) bond motifs is 1. The van der Waals surface area contributed by atoms with Gasteiger partial charge in [-0.3, -0.25) is 9.36 Å². The third-order valence-electron chi connectivity index (χ3n) is 3.98. The molecule has 124 valence electrons. The topological polar surface area (TPSA) is 78.3 Å². The summed E-state index contributed by atoms with van der Waals surface area (Å²) in [5.74, 6) is -1.03. The number of aromatic carboxylic acids is 1. The molecule has 6 nitrogen and oxygen atoms in total. The quantitative estimate of drug-likeness (QED) is 0.760. The molecule has 0 atom stereocenters. The largest absolute Gasteiger partial charge is 0.478 e. The van der Waals surface area contributed by atoms with Gasteiger partial charge < -0.3 is 15.0 Å². The molecule has 2 N–H and O–H groups in total. The Morgan fingerprint density at radius 1 is 1.35 bits per heavy atom. The number of aromatic amines is 1. The summed E-state index contributed by atoms with van der Waals surface area (Å²) in [4.78, 5) is 28.8. The molecule has 2 rings (SSSR count). The fraction of sp³-hybridized carbons (Fsp3) is 0.438. The van der Waals surface area contributed by atoms with Crippen molar-refractivity contribution in [2.24, 2.45) is 0 Å². The highest BCUT2D eigenvalue weighted by Gasteiger charge is 2.09. The second-order valence-corrected chi connectivity index (χ2v) is 5.72. The fourth-order valence-electron chi connectivity index (χ4n) is 2.58. The Hall–Kier alpha value is -1.99. The van der Waals surface area contributed by atoms with Crippen LogP contribution in [0, 0.1) is 4.77 Å². The lowest BCUT2D eigenvalue weighted by Gasteiger charge is -2.18. The van der Waals surface area contributed by atoms with Gasteiger partial charge >= 0.3 is 5.97 Å². The molecule has 0 fully saturated rings. The molecule has 0 amide bonds. The van der Waals surface area contributed by atoms with Gasteiger partial charge in [-0.2, -0.15) is 0 Å². The standard InChI is InChI=1S/C16H21N3O3S/c1-3-18(4-2)8-5-9-19-14(20)12-7-6-11(15(21)22)10-13(12)17-16(19)23/h6-7,10H,3-5,8-9H2,1-2H3,(H,17,23)(H,21,22). The number of hydrogen-bond acceptors (Lipinski definition) is 4. The van der Waals surface area contributed by atoms with Gasteiger partial charge in [0, 0.05) is 6.54 Å². The maximum absolute atomic E-state index is 12.6. The van der Waals surface area contributed by atoms with Crippen LogP contribution in [0.15, 0.2) is 23.0 Å². The molecule has 7 heteroatoms. The van der Waals surface area contributed by atoms with Crippen molar-refractivity contribution in [2.75, 3.05) is 19.6 Å². The lowest BCUT2D eigenvalue weighted by molar-refractivity contribution is 0.0697. The summed E-state index contributed by atoms with van der Waals surface area (Å²) in [5.41, 5.74) is 0.405. The van der Waals surface area contributed by atoms with Gasteiger partial charge in [0.1, 0.15) is 0 Å². The maximum Gasteiger partial charge on any atom is 0.335 e. The Balaban J connectivity index is 2.31. The van der Waals surface area contributed by atoms with E-state index in [1.165, 1.54) is 18.2 Å². The van der Waals surface area contributed by atoms with E-state index in [9.17, 15) is 9.59 Å². The summed E-state index contributed by atoms with van der Waals surface area (Å²) in [6, 6.07) is 4.41. The van der Waals surface area contributed by atoms with Crippen LogP contribution in [0.2, 0.25) is 0 Å². The molecule has 0 saturated heterocycles. The number of carboxylic acids is 1. The molecule has 1 aromatic heterocycles. The van der Waals surface area contributed by atoms with Crippen molar-refractivity contribution in [3.8, 4) is 0 Å². The van der Waals surface area contributed by atoms with Crippen LogP contribution in [-0.2, 0) is 6.54 Å². The first-order valence-electron chi connectivity index (χ1n) is 7.70. The van der Waals surface area contributed by atoms with Gasteiger partial charge in [-0.25, -0.2) is 4.79 Å². The number of aromatic nitrogens is 2. The second kappa shape index (κ2) is 7.52. The number of benzene rings is 1. The lowest BCUT2D eigenvalue weighted by atomic mass is 10.1. The molecular weight excluding hydrogens is 314 g/mol. The van der Waals surface area contributed by atoms with E-state index in [0.29, 0.717) is 22.2 Å². The van der Waals surface area contributed by atoms with Crippen molar-refractivity contribution >= 4 is 29.1 Å². The van der Waals surface area contributed by atoms with E-state index in [4.69, 9.17) is 17.3 Å². The van der Waals surface area contributed by atoms with Crippen molar-refractivity contribution in [3.63, 3.8) is 0 Å². The highest BCUT2D eigenvalue weighted by atomic mass is 32.1. The maximum atomic E-state index is 12.6. The average Bonchev–Trinajstić information content (AvgIpc) is 2.53. The molecular formula is C16H21N3O3S. The van der Waals surface area contributed by atoms with Crippen LogP contribution < -0.4 is 5.56 Å². The van der Waals surface area contributed by atoms with Crippen LogP contribution in [0.3, 0.4) is 0 Å². The molecule has 0 bridgehead atoms. The summed E-state index contributed by atoms with van der Waals surface area (Å²) >= 11 is 5.26. The molecule has 1 aromatic carbocycles. The molecule has 0 spiro atoms. The zero-order valence-electron chi connectivity index (χ0n) is 13.3. The molecule has 0 unspecified atom stereocenters. The highest BCUT2D eigenvalue weighted by molar-refractivity contribution is 7.71. The lowest BCUT2D eigenvalue weighted by Crippen LogP contribution is -2.27. The van der Waals surface area contributed by atoms with E-state index >= 15 is 0 Å². The van der Waals surface area contributed by atoms with E-state index in [-0.39, 0.29) is 11.1 Å². The average molecular weight is 335 g/mol. The van der Waals surface area contributed by atoms with Crippen molar-refractivity contribution in [1.82, 2.24) is 14.5 Å². The number of carboxylic acid groups (broad SMARTS) is 1. The van der Waals surface area contributed by atoms with Crippen molar-refractivity contribution < 1.29 is 9.90 Å². The van der Waals surface area contributed by atoms with Gasteiger partial charge in [-0.05, 0) is 56.5 Å². The molecule has 2 aromatic rings. The van der Waals surface area contributed by atoms with E-state index in [2.05, 4.69) is 23.7 Å². The van der Waals surface area contributed by atoms with Gasteiger partial charge in [0.2, 0.25) is 0 Å². The number of rotatable bonds is 7. The Morgan fingerprint density at radius 3 is 2.65 bits per heavy atom. The van der Waals surface area contributed by atoms with Gasteiger partial charge in [0.05, 0.1) is 16.5 Å². The summed E-state index contributed by atoms with van der Waals surface area (Å²) in [6.45, 7) is 7.63. The van der Waals surface area contributed by atoms with Crippen LogP contribution in [0.25, 0.3) is 10.9 Å². The zero-order chi connectivity index (χ0) is 17.0.